The first-order chi connectivity index (χ1) is 10.1. The van der Waals surface area contributed by atoms with Crippen LogP contribution < -0.4 is 10.1 Å². The van der Waals surface area contributed by atoms with Crippen LogP contribution in [0.25, 0.3) is 0 Å². The lowest BCUT2D eigenvalue weighted by Crippen LogP contribution is -2.08. The quantitative estimate of drug-likeness (QED) is 0.883. The normalized spacial score (nSPS) is 10.0. The SMILES string of the molecule is COc1ccc(NCc2cc(C)ccc2C(=O)OBr)cc1. The molecule has 21 heavy (non-hydrogen) atoms. The summed E-state index contributed by atoms with van der Waals surface area (Å²) in [6, 6.07) is 13.2. The monoisotopic (exact) mass is 349 g/mol. The first-order valence-corrected chi connectivity index (χ1v) is 7.09. The first-order valence-electron chi connectivity index (χ1n) is 6.44. The molecule has 2 aromatic carbocycles. The summed E-state index contributed by atoms with van der Waals surface area (Å²) in [5, 5.41) is 3.28. The largest absolute Gasteiger partial charge is 0.497 e. The average molecular weight is 350 g/mol. The van der Waals surface area contributed by atoms with Gasteiger partial charge in [-0.3, -0.25) is 0 Å². The Labute approximate surface area is 132 Å². The lowest BCUT2D eigenvalue weighted by molar-refractivity contribution is 0.0781. The Morgan fingerprint density at radius 2 is 1.90 bits per heavy atom. The van der Waals surface area contributed by atoms with E-state index in [-0.39, 0.29) is 0 Å². The summed E-state index contributed by atoms with van der Waals surface area (Å²) < 4.78 is 9.75. The van der Waals surface area contributed by atoms with E-state index < -0.39 is 5.97 Å². The molecule has 5 heteroatoms. The molecule has 0 bridgehead atoms. The van der Waals surface area contributed by atoms with Gasteiger partial charge >= 0.3 is 5.97 Å². The average Bonchev–Trinajstić information content (AvgIpc) is 2.52. The maximum absolute atomic E-state index is 11.7. The van der Waals surface area contributed by atoms with E-state index in [0.29, 0.717) is 12.1 Å². The minimum absolute atomic E-state index is 0.401. The van der Waals surface area contributed by atoms with Crippen LogP contribution in [0, 0.1) is 6.92 Å². The second-order valence-corrected chi connectivity index (χ2v) is 4.93. The highest BCUT2D eigenvalue weighted by atomic mass is 79.9. The van der Waals surface area contributed by atoms with Crippen molar-refractivity contribution < 1.29 is 13.4 Å². The molecule has 0 saturated heterocycles. The number of carbonyl (C=O) groups is 1. The second kappa shape index (κ2) is 7.13. The standard InChI is InChI=1S/C16H16BrNO3/c1-11-3-8-15(16(19)21-17)12(9-11)10-18-13-4-6-14(20-2)7-5-13/h3-9,18H,10H2,1-2H3. The van der Waals surface area contributed by atoms with Crippen molar-refractivity contribution in [2.75, 3.05) is 12.4 Å². The third-order valence-electron chi connectivity index (χ3n) is 3.12. The summed E-state index contributed by atoms with van der Waals surface area (Å²) in [4.78, 5) is 11.7. The number of aryl methyl sites for hydroxylation is 1. The van der Waals surface area contributed by atoms with Crippen molar-refractivity contribution >= 4 is 27.9 Å². The minimum Gasteiger partial charge on any atom is -0.497 e. The van der Waals surface area contributed by atoms with Gasteiger partial charge in [0.15, 0.2) is 16.3 Å². The molecule has 0 heterocycles. The Kier molecular flexibility index (Phi) is 5.22. The molecule has 110 valence electrons. The van der Waals surface area contributed by atoms with Crippen LogP contribution in [-0.4, -0.2) is 13.1 Å². The Balaban J connectivity index is 2.14. The minimum atomic E-state index is -0.401. The number of carbonyl (C=O) groups excluding carboxylic acids is 1. The molecule has 0 aliphatic rings. The summed E-state index contributed by atoms with van der Waals surface area (Å²) in [5.74, 6) is 0.404. The second-order valence-electron chi connectivity index (χ2n) is 4.61. The van der Waals surface area contributed by atoms with Gasteiger partial charge in [0.2, 0.25) is 0 Å². The van der Waals surface area contributed by atoms with E-state index >= 15 is 0 Å². The van der Waals surface area contributed by atoms with Gasteiger partial charge in [-0.1, -0.05) is 17.7 Å². The summed E-state index contributed by atoms with van der Waals surface area (Å²) >= 11 is 2.73. The third kappa shape index (κ3) is 3.98. The van der Waals surface area contributed by atoms with Crippen LogP contribution in [0.2, 0.25) is 0 Å². The number of rotatable bonds is 5. The zero-order chi connectivity index (χ0) is 15.2. The molecule has 2 aromatic rings. The number of anilines is 1. The Bertz CT molecular complexity index is 626. The van der Waals surface area contributed by atoms with Crippen molar-refractivity contribution in [2.45, 2.75) is 13.5 Å². The number of ether oxygens (including phenoxy) is 1. The molecule has 0 saturated carbocycles. The van der Waals surface area contributed by atoms with Crippen LogP contribution in [-0.2, 0) is 10.4 Å². The molecule has 0 aliphatic heterocycles. The third-order valence-corrected chi connectivity index (χ3v) is 3.42. The van der Waals surface area contributed by atoms with E-state index in [4.69, 9.17) is 4.74 Å². The van der Waals surface area contributed by atoms with E-state index in [1.54, 1.807) is 13.2 Å². The van der Waals surface area contributed by atoms with E-state index in [0.717, 1.165) is 22.6 Å². The highest BCUT2D eigenvalue weighted by Crippen LogP contribution is 2.18. The fourth-order valence-electron chi connectivity index (χ4n) is 2.02. The van der Waals surface area contributed by atoms with Crippen LogP contribution in [0.3, 0.4) is 0 Å². The van der Waals surface area contributed by atoms with Crippen LogP contribution in [0.4, 0.5) is 5.69 Å². The summed E-state index contributed by atoms with van der Waals surface area (Å²) in [6.45, 7) is 2.52. The van der Waals surface area contributed by atoms with Gasteiger partial charge in [0, 0.05) is 12.2 Å². The molecule has 0 fully saturated rings. The molecule has 1 N–H and O–H groups in total. The fourth-order valence-corrected chi connectivity index (χ4v) is 2.19. The van der Waals surface area contributed by atoms with E-state index in [1.807, 2.05) is 43.3 Å². The lowest BCUT2D eigenvalue weighted by Gasteiger charge is -2.11. The predicted molar refractivity (Wildman–Crippen MR) is 85.8 cm³/mol. The van der Waals surface area contributed by atoms with Gasteiger partial charge in [0.1, 0.15) is 5.75 Å². The number of hydrogen-bond acceptors (Lipinski definition) is 4. The van der Waals surface area contributed by atoms with Crippen LogP contribution in [0.1, 0.15) is 21.5 Å². The van der Waals surface area contributed by atoms with E-state index in [9.17, 15) is 4.79 Å². The zero-order valence-corrected chi connectivity index (χ0v) is 13.4. The highest BCUT2D eigenvalue weighted by Gasteiger charge is 2.12. The topological polar surface area (TPSA) is 47.6 Å². The molecule has 4 nitrogen and oxygen atoms in total. The molecule has 0 spiro atoms. The lowest BCUT2D eigenvalue weighted by atomic mass is 10.0. The smallest absolute Gasteiger partial charge is 0.349 e. The number of hydrogen-bond donors (Lipinski definition) is 1. The summed E-state index contributed by atoms with van der Waals surface area (Å²) in [7, 11) is 1.63. The molecule has 0 amide bonds. The number of benzene rings is 2. The molecule has 0 unspecified atom stereocenters. The Hall–Kier alpha value is -2.01. The number of methoxy groups -OCH3 is 1. The van der Waals surface area contributed by atoms with Crippen LogP contribution >= 0.6 is 16.3 Å². The van der Waals surface area contributed by atoms with Gasteiger partial charge in [0.05, 0.1) is 12.7 Å². The Morgan fingerprint density at radius 1 is 1.19 bits per heavy atom. The highest BCUT2D eigenvalue weighted by molar-refractivity contribution is 9.06. The van der Waals surface area contributed by atoms with Crippen molar-refractivity contribution in [3.8, 4) is 5.75 Å². The summed E-state index contributed by atoms with van der Waals surface area (Å²) in [5.41, 5.74) is 3.47. The molecule has 0 aliphatic carbocycles. The van der Waals surface area contributed by atoms with Crippen molar-refractivity contribution in [2.24, 2.45) is 0 Å². The van der Waals surface area contributed by atoms with Gasteiger partial charge in [-0.05, 0) is 42.8 Å². The number of halogens is 1. The molecular weight excluding hydrogens is 334 g/mol. The van der Waals surface area contributed by atoms with Crippen molar-refractivity contribution in [3.05, 3.63) is 59.2 Å². The predicted octanol–water partition coefficient (Wildman–Crippen LogP) is 4.08. The molecule has 0 atom stereocenters. The molecule has 2 rings (SSSR count). The summed E-state index contributed by atoms with van der Waals surface area (Å²) in [6.07, 6.45) is 0. The zero-order valence-electron chi connectivity index (χ0n) is 11.9. The van der Waals surface area contributed by atoms with Crippen molar-refractivity contribution in [3.63, 3.8) is 0 Å². The van der Waals surface area contributed by atoms with Crippen molar-refractivity contribution in [1.82, 2.24) is 0 Å². The van der Waals surface area contributed by atoms with Crippen LogP contribution in [0.5, 0.6) is 5.75 Å². The van der Waals surface area contributed by atoms with Gasteiger partial charge in [-0.15, -0.1) is 0 Å². The van der Waals surface area contributed by atoms with Gasteiger partial charge in [-0.2, -0.15) is 0 Å². The van der Waals surface area contributed by atoms with E-state index in [1.165, 1.54) is 0 Å². The van der Waals surface area contributed by atoms with Gasteiger partial charge in [-0.25, -0.2) is 4.79 Å². The maximum atomic E-state index is 11.7. The van der Waals surface area contributed by atoms with Gasteiger partial charge in [0.25, 0.3) is 0 Å². The van der Waals surface area contributed by atoms with E-state index in [2.05, 4.69) is 25.4 Å². The van der Waals surface area contributed by atoms with Crippen LogP contribution in [0.15, 0.2) is 42.5 Å². The Morgan fingerprint density at radius 3 is 2.52 bits per heavy atom. The molecule has 0 aromatic heterocycles. The van der Waals surface area contributed by atoms with Gasteiger partial charge < -0.3 is 13.9 Å². The fraction of sp³-hybridized carbons (Fsp3) is 0.188. The molecular formula is C16H16BrNO3. The van der Waals surface area contributed by atoms with Crippen molar-refractivity contribution in [1.29, 1.82) is 0 Å². The maximum Gasteiger partial charge on any atom is 0.349 e. The first kappa shape index (κ1) is 15.4. The molecule has 0 radical (unpaired) electrons. The number of nitrogens with one attached hydrogen (secondary N) is 1.